The van der Waals surface area contributed by atoms with Crippen molar-refractivity contribution < 1.29 is 9.53 Å². The number of nitriles is 1. The number of carbonyl (C=O) groups is 1. The summed E-state index contributed by atoms with van der Waals surface area (Å²) in [5.74, 6) is 0.678. The molecule has 0 radical (unpaired) electrons. The monoisotopic (exact) mass is 294 g/mol. The molecule has 0 fully saturated rings. The number of nitrogens with one attached hydrogen (secondary N) is 1. The first-order valence-corrected chi connectivity index (χ1v) is 7.10. The fourth-order valence-corrected chi connectivity index (χ4v) is 2.19. The minimum atomic E-state index is -0.139. The Kier molecular flexibility index (Phi) is 5.56. The standard InChI is InChI=1S/C18H18N2O2/c1-22-16-8-6-14(7-9-16)11-13-20-18(21)17-5-3-2-4-15(17)10-12-19/h2-9H,10-11,13H2,1H3,(H,20,21). The van der Waals surface area contributed by atoms with E-state index in [-0.39, 0.29) is 12.3 Å². The highest BCUT2D eigenvalue weighted by molar-refractivity contribution is 5.95. The maximum absolute atomic E-state index is 12.2. The van der Waals surface area contributed by atoms with Crippen LogP contribution in [0.5, 0.6) is 5.75 Å². The lowest BCUT2D eigenvalue weighted by atomic mass is 10.0. The van der Waals surface area contributed by atoms with Crippen LogP contribution in [0.2, 0.25) is 0 Å². The smallest absolute Gasteiger partial charge is 0.251 e. The van der Waals surface area contributed by atoms with Crippen molar-refractivity contribution in [2.45, 2.75) is 12.8 Å². The lowest BCUT2D eigenvalue weighted by Crippen LogP contribution is -2.26. The van der Waals surface area contributed by atoms with Crippen LogP contribution in [-0.4, -0.2) is 19.6 Å². The number of benzene rings is 2. The zero-order chi connectivity index (χ0) is 15.8. The van der Waals surface area contributed by atoms with Crippen molar-refractivity contribution in [2.24, 2.45) is 0 Å². The van der Waals surface area contributed by atoms with Crippen molar-refractivity contribution in [2.75, 3.05) is 13.7 Å². The number of amides is 1. The Hall–Kier alpha value is -2.80. The SMILES string of the molecule is COc1ccc(CCNC(=O)c2ccccc2CC#N)cc1. The quantitative estimate of drug-likeness (QED) is 0.891. The van der Waals surface area contributed by atoms with Crippen molar-refractivity contribution >= 4 is 5.91 Å². The molecule has 0 unspecified atom stereocenters. The summed E-state index contributed by atoms with van der Waals surface area (Å²) in [4.78, 5) is 12.2. The van der Waals surface area contributed by atoms with E-state index in [0.29, 0.717) is 12.1 Å². The average Bonchev–Trinajstić information content (AvgIpc) is 2.56. The molecule has 4 heteroatoms. The van der Waals surface area contributed by atoms with E-state index in [0.717, 1.165) is 23.3 Å². The van der Waals surface area contributed by atoms with E-state index in [1.807, 2.05) is 36.4 Å². The first-order valence-electron chi connectivity index (χ1n) is 7.10. The first kappa shape index (κ1) is 15.6. The van der Waals surface area contributed by atoms with Crippen LogP contribution in [0.25, 0.3) is 0 Å². The van der Waals surface area contributed by atoms with Gasteiger partial charge in [0.25, 0.3) is 5.91 Å². The van der Waals surface area contributed by atoms with E-state index in [1.165, 1.54) is 0 Å². The van der Waals surface area contributed by atoms with E-state index in [2.05, 4.69) is 11.4 Å². The van der Waals surface area contributed by atoms with Crippen LogP contribution in [0.3, 0.4) is 0 Å². The van der Waals surface area contributed by atoms with E-state index in [4.69, 9.17) is 10.00 Å². The molecule has 0 aliphatic heterocycles. The molecule has 112 valence electrons. The molecule has 0 aliphatic rings. The molecule has 0 saturated carbocycles. The molecule has 1 N–H and O–H groups in total. The van der Waals surface area contributed by atoms with Gasteiger partial charge in [0.2, 0.25) is 0 Å². The Balaban J connectivity index is 1.91. The van der Waals surface area contributed by atoms with Crippen molar-refractivity contribution in [3.63, 3.8) is 0 Å². The molecule has 1 amide bonds. The third kappa shape index (κ3) is 4.10. The number of carbonyl (C=O) groups excluding carboxylic acids is 1. The summed E-state index contributed by atoms with van der Waals surface area (Å²) in [6.45, 7) is 0.548. The zero-order valence-corrected chi connectivity index (χ0v) is 12.5. The molecule has 0 atom stereocenters. The maximum atomic E-state index is 12.2. The van der Waals surface area contributed by atoms with Crippen LogP contribution in [0.4, 0.5) is 0 Å². The van der Waals surface area contributed by atoms with Gasteiger partial charge in [-0.15, -0.1) is 0 Å². The predicted molar refractivity (Wildman–Crippen MR) is 84.8 cm³/mol. The molecule has 0 bridgehead atoms. The first-order chi connectivity index (χ1) is 10.7. The van der Waals surface area contributed by atoms with Gasteiger partial charge in [-0.1, -0.05) is 30.3 Å². The fourth-order valence-electron chi connectivity index (χ4n) is 2.19. The molecule has 4 nitrogen and oxygen atoms in total. The third-order valence-corrected chi connectivity index (χ3v) is 3.39. The molecule has 0 aromatic heterocycles. The number of hydrogen-bond donors (Lipinski definition) is 1. The number of rotatable bonds is 6. The summed E-state index contributed by atoms with van der Waals surface area (Å²) in [6, 6.07) is 17.0. The Morgan fingerprint density at radius 2 is 1.91 bits per heavy atom. The van der Waals surface area contributed by atoms with Crippen LogP contribution >= 0.6 is 0 Å². The number of nitrogens with zero attached hydrogens (tertiary/aromatic N) is 1. The van der Waals surface area contributed by atoms with Gasteiger partial charge in [0, 0.05) is 12.1 Å². The van der Waals surface area contributed by atoms with Crippen molar-refractivity contribution in [1.82, 2.24) is 5.32 Å². The second-order valence-electron chi connectivity index (χ2n) is 4.85. The van der Waals surface area contributed by atoms with Crippen LogP contribution in [-0.2, 0) is 12.8 Å². The molecular formula is C18H18N2O2. The van der Waals surface area contributed by atoms with Gasteiger partial charge in [-0.05, 0) is 35.7 Å². The molecule has 2 rings (SSSR count). The van der Waals surface area contributed by atoms with Gasteiger partial charge in [0.1, 0.15) is 5.75 Å². The van der Waals surface area contributed by atoms with Gasteiger partial charge >= 0.3 is 0 Å². The van der Waals surface area contributed by atoms with Crippen LogP contribution in [0, 0.1) is 11.3 Å². The highest BCUT2D eigenvalue weighted by Crippen LogP contribution is 2.12. The van der Waals surface area contributed by atoms with Gasteiger partial charge in [-0.3, -0.25) is 4.79 Å². The molecule has 0 aliphatic carbocycles. The molecular weight excluding hydrogens is 276 g/mol. The topological polar surface area (TPSA) is 62.1 Å². The zero-order valence-electron chi connectivity index (χ0n) is 12.5. The van der Waals surface area contributed by atoms with Gasteiger partial charge < -0.3 is 10.1 Å². The summed E-state index contributed by atoms with van der Waals surface area (Å²) < 4.78 is 5.11. The van der Waals surface area contributed by atoms with Crippen LogP contribution in [0.15, 0.2) is 48.5 Å². The number of hydrogen-bond acceptors (Lipinski definition) is 3. The largest absolute Gasteiger partial charge is 0.497 e. The average molecular weight is 294 g/mol. The van der Waals surface area contributed by atoms with E-state index >= 15 is 0 Å². The van der Waals surface area contributed by atoms with Crippen molar-refractivity contribution in [3.8, 4) is 11.8 Å². The van der Waals surface area contributed by atoms with Crippen molar-refractivity contribution in [3.05, 3.63) is 65.2 Å². The van der Waals surface area contributed by atoms with Crippen LogP contribution in [0.1, 0.15) is 21.5 Å². The fraction of sp³-hybridized carbons (Fsp3) is 0.222. The molecule has 2 aromatic carbocycles. The van der Waals surface area contributed by atoms with Crippen molar-refractivity contribution in [1.29, 1.82) is 5.26 Å². The maximum Gasteiger partial charge on any atom is 0.251 e. The van der Waals surface area contributed by atoms with E-state index in [9.17, 15) is 4.79 Å². The number of ether oxygens (including phenoxy) is 1. The van der Waals surface area contributed by atoms with E-state index < -0.39 is 0 Å². The Labute approximate surface area is 130 Å². The Morgan fingerprint density at radius 1 is 1.18 bits per heavy atom. The summed E-state index contributed by atoms with van der Waals surface area (Å²) in [6.07, 6.45) is 0.984. The Morgan fingerprint density at radius 3 is 2.59 bits per heavy atom. The van der Waals surface area contributed by atoms with Crippen LogP contribution < -0.4 is 10.1 Å². The summed E-state index contributed by atoms with van der Waals surface area (Å²) in [7, 11) is 1.63. The second-order valence-corrected chi connectivity index (χ2v) is 4.85. The highest BCUT2D eigenvalue weighted by atomic mass is 16.5. The second kappa shape index (κ2) is 7.84. The predicted octanol–water partition coefficient (Wildman–Crippen LogP) is 2.73. The highest BCUT2D eigenvalue weighted by Gasteiger charge is 2.09. The number of methoxy groups -OCH3 is 1. The lowest BCUT2D eigenvalue weighted by Gasteiger charge is -2.08. The van der Waals surface area contributed by atoms with Gasteiger partial charge in [-0.2, -0.15) is 5.26 Å². The lowest BCUT2D eigenvalue weighted by molar-refractivity contribution is 0.0953. The molecule has 0 spiro atoms. The van der Waals surface area contributed by atoms with Gasteiger partial charge in [-0.25, -0.2) is 0 Å². The summed E-state index contributed by atoms with van der Waals surface area (Å²) in [5.41, 5.74) is 2.46. The molecule has 22 heavy (non-hydrogen) atoms. The minimum Gasteiger partial charge on any atom is -0.497 e. The van der Waals surface area contributed by atoms with Gasteiger partial charge in [0.05, 0.1) is 19.6 Å². The summed E-state index contributed by atoms with van der Waals surface area (Å²) >= 11 is 0. The van der Waals surface area contributed by atoms with E-state index in [1.54, 1.807) is 19.2 Å². The molecule has 0 heterocycles. The normalized spacial score (nSPS) is 9.82. The Bertz CT molecular complexity index is 672. The van der Waals surface area contributed by atoms with Gasteiger partial charge in [0.15, 0.2) is 0 Å². The molecule has 2 aromatic rings. The third-order valence-electron chi connectivity index (χ3n) is 3.39. The summed E-state index contributed by atoms with van der Waals surface area (Å²) in [5, 5.41) is 11.7. The molecule has 0 saturated heterocycles. The minimum absolute atomic E-state index is 0.139.